The van der Waals surface area contributed by atoms with Gasteiger partial charge in [0.05, 0.1) is 6.61 Å². The minimum atomic E-state index is -4.25. The number of hydrogen-bond donors (Lipinski definition) is 1. The maximum Gasteiger partial charge on any atom is 0.472 e. The summed E-state index contributed by atoms with van der Waals surface area (Å²) in [7, 11) is -3.19. The Bertz CT molecular complexity index is 742. The van der Waals surface area contributed by atoms with E-state index in [4.69, 9.17) is 14.0 Å². The second kappa shape index (κ2) is 31.8. The van der Waals surface area contributed by atoms with Crippen LogP contribution in [-0.4, -0.2) is 43.3 Å². The molecule has 0 radical (unpaired) electrons. The highest BCUT2D eigenvalue weighted by Gasteiger charge is 2.24. The number of hydrogen-bond acceptors (Lipinski definition) is 7. The molecular weight excluding hydrogens is 579 g/mol. The first-order chi connectivity index (χ1) is 21.3. The highest BCUT2D eigenvalue weighted by Crippen LogP contribution is 2.42. The fourth-order valence-corrected chi connectivity index (χ4v) is 5.41. The summed E-state index contributed by atoms with van der Waals surface area (Å²) < 4.78 is 31.8. The molecule has 0 saturated heterocycles. The van der Waals surface area contributed by atoms with E-state index in [1.54, 1.807) is 0 Å². The lowest BCUT2D eigenvalue weighted by molar-refractivity contribution is -0.161. The van der Waals surface area contributed by atoms with Gasteiger partial charge in [-0.05, 0) is 32.1 Å². The average Bonchev–Trinajstić information content (AvgIpc) is 3.01. The van der Waals surface area contributed by atoms with Crippen molar-refractivity contribution in [3.8, 4) is 0 Å². The molecule has 0 fully saturated rings. The Morgan fingerprint density at radius 1 is 0.614 bits per heavy atom. The van der Waals surface area contributed by atoms with Crippen LogP contribution in [0.15, 0.2) is 12.2 Å². The monoisotopic (exact) mass is 646 g/mol. The third kappa shape index (κ3) is 30.8. The number of allylic oxidation sites excluding steroid dienone is 2. The summed E-state index contributed by atoms with van der Waals surface area (Å²) in [6.07, 6.45) is 31.2. The first kappa shape index (κ1) is 42.8. The van der Waals surface area contributed by atoms with Crippen LogP contribution in [0.5, 0.6) is 0 Å². The zero-order chi connectivity index (χ0) is 32.6. The lowest BCUT2D eigenvalue weighted by atomic mass is 10.0. The van der Waals surface area contributed by atoms with Crippen LogP contribution in [-0.2, 0) is 32.7 Å². The molecule has 0 spiro atoms. The molecule has 0 aromatic rings. The van der Waals surface area contributed by atoms with Crippen molar-refractivity contribution in [2.75, 3.05) is 20.3 Å². The lowest BCUT2D eigenvalue weighted by Gasteiger charge is -2.19. The quantitative estimate of drug-likeness (QED) is 0.0325. The molecule has 2 unspecified atom stereocenters. The Hall–Kier alpha value is -1.21. The number of unbranched alkanes of at least 4 members (excludes halogenated alkanes) is 20. The van der Waals surface area contributed by atoms with Crippen molar-refractivity contribution in [3.63, 3.8) is 0 Å². The number of carbonyl (C=O) groups is 2. The smallest absolute Gasteiger partial charge is 0.462 e. The van der Waals surface area contributed by atoms with E-state index >= 15 is 0 Å². The van der Waals surface area contributed by atoms with Crippen molar-refractivity contribution in [2.45, 2.75) is 180 Å². The molecule has 0 aromatic carbocycles. The minimum absolute atomic E-state index is 0.224. The van der Waals surface area contributed by atoms with E-state index in [1.807, 2.05) is 0 Å². The molecule has 9 heteroatoms. The van der Waals surface area contributed by atoms with Gasteiger partial charge in [0, 0.05) is 20.0 Å². The average molecular weight is 647 g/mol. The van der Waals surface area contributed by atoms with E-state index in [0.717, 1.165) is 64.9 Å². The number of esters is 2. The van der Waals surface area contributed by atoms with E-state index < -0.39 is 26.5 Å². The fourth-order valence-electron chi connectivity index (χ4n) is 4.95. The molecule has 260 valence electrons. The van der Waals surface area contributed by atoms with Gasteiger partial charge in [0.1, 0.15) is 6.61 Å². The molecule has 44 heavy (non-hydrogen) atoms. The largest absolute Gasteiger partial charge is 0.472 e. The molecule has 0 aliphatic heterocycles. The summed E-state index contributed by atoms with van der Waals surface area (Å²) in [5, 5.41) is 0. The Morgan fingerprint density at radius 2 is 1.07 bits per heavy atom. The second-order valence-electron chi connectivity index (χ2n) is 12.0. The van der Waals surface area contributed by atoms with E-state index in [2.05, 4.69) is 30.5 Å². The summed E-state index contributed by atoms with van der Waals surface area (Å²) in [6.45, 7) is 3.81. The van der Waals surface area contributed by atoms with E-state index in [9.17, 15) is 19.0 Å². The van der Waals surface area contributed by atoms with E-state index in [1.165, 1.54) is 83.5 Å². The molecule has 0 aromatic heterocycles. The van der Waals surface area contributed by atoms with Crippen LogP contribution < -0.4 is 0 Å². The Labute approximate surface area is 270 Å². The van der Waals surface area contributed by atoms with Gasteiger partial charge in [-0.1, -0.05) is 142 Å². The molecule has 2 atom stereocenters. The van der Waals surface area contributed by atoms with Crippen LogP contribution in [0.1, 0.15) is 174 Å². The van der Waals surface area contributed by atoms with Crippen LogP contribution >= 0.6 is 7.82 Å². The molecule has 8 nitrogen and oxygen atoms in total. The lowest BCUT2D eigenvalue weighted by Crippen LogP contribution is -2.29. The molecular formula is C35H67O8P. The first-order valence-corrected chi connectivity index (χ1v) is 19.4. The van der Waals surface area contributed by atoms with Crippen molar-refractivity contribution in [3.05, 3.63) is 12.2 Å². The number of carbonyl (C=O) groups excluding carboxylic acids is 2. The van der Waals surface area contributed by atoms with Crippen molar-refractivity contribution in [2.24, 2.45) is 0 Å². The molecule has 0 aliphatic carbocycles. The third-order valence-electron chi connectivity index (χ3n) is 7.74. The van der Waals surface area contributed by atoms with Crippen LogP contribution in [0.4, 0.5) is 0 Å². The number of rotatable bonds is 33. The minimum Gasteiger partial charge on any atom is -0.462 e. The van der Waals surface area contributed by atoms with Crippen LogP contribution in [0.3, 0.4) is 0 Å². The maximum atomic E-state index is 12.4. The van der Waals surface area contributed by atoms with E-state index in [0.29, 0.717) is 12.8 Å². The van der Waals surface area contributed by atoms with Gasteiger partial charge in [-0.15, -0.1) is 0 Å². The topological polar surface area (TPSA) is 108 Å². The zero-order valence-electron chi connectivity index (χ0n) is 28.6. The van der Waals surface area contributed by atoms with Gasteiger partial charge >= 0.3 is 19.8 Å². The highest BCUT2D eigenvalue weighted by molar-refractivity contribution is 7.47. The van der Waals surface area contributed by atoms with Gasteiger partial charge in [0.25, 0.3) is 0 Å². The molecule has 0 saturated carbocycles. The number of ether oxygens (including phenoxy) is 2. The standard InChI is InChI=1S/C35H67O8P/c1-4-6-8-10-12-14-16-17-18-19-20-22-23-25-27-29-34(36)41-31-33(32-42-44(38,39)40-3)43-35(37)30-28-26-24-21-15-13-11-9-7-5-2/h9,11,33H,4-8,10,12-32H2,1-3H3,(H,38,39)/b11-9-. The van der Waals surface area contributed by atoms with Crippen LogP contribution in [0.2, 0.25) is 0 Å². The Kier molecular flexibility index (Phi) is 30.9. The molecule has 0 amide bonds. The molecule has 0 rings (SSSR count). The summed E-state index contributed by atoms with van der Waals surface area (Å²) in [5.41, 5.74) is 0. The van der Waals surface area contributed by atoms with Crippen LogP contribution in [0.25, 0.3) is 0 Å². The SMILES string of the molecule is CCC/C=C\CCCCCCCC(=O)OC(COC(=O)CCCCCCCCCCCCCCCCC)COP(=O)(O)OC. The number of phosphoric ester groups is 1. The van der Waals surface area contributed by atoms with Crippen molar-refractivity contribution >= 4 is 19.8 Å². The second-order valence-corrected chi connectivity index (χ2v) is 13.6. The number of phosphoric acid groups is 1. The van der Waals surface area contributed by atoms with Gasteiger partial charge in [0.15, 0.2) is 6.10 Å². The summed E-state index contributed by atoms with van der Waals surface area (Å²) in [4.78, 5) is 34.2. The van der Waals surface area contributed by atoms with Crippen LogP contribution in [0, 0.1) is 0 Å². The maximum absolute atomic E-state index is 12.4. The normalized spacial score (nSPS) is 13.6. The van der Waals surface area contributed by atoms with Gasteiger partial charge < -0.3 is 14.4 Å². The van der Waals surface area contributed by atoms with E-state index in [-0.39, 0.29) is 19.0 Å². The fraction of sp³-hybridized carbons (Fsp3) is 0.886. The molecule has 0 bridgehead atoms. The van der Waals surface area contributed by atoms with Gasteiger partial charge in [-0.3, -0.25) is 18.6 Å². The van der Waals surface area contributed by atoms with Gasteiger partial charge in [-0.2, -0.15) is 0 Å². The Balaban J connectivity index is 4.04. The predicted molar refractivity (Wildman–Crippen MR) is 180 cm³/mol. The first-order valence-electron chi connectivity index (χ1n) is 17.9. The van der Waals surface area contributed by atoms with Crippen molar-refractivity contribution in [1.82, 2.24) is 0 Å². The third-order valence-corrected chi connectivity index (χ3v) is 8.68. The summed E-state index contributed by atoms with van der Waals surface area (Å²) in [6, 6.07) is 0. The van der Waals surface area contributed by atoms with Crippen molar-refractivity contribution < 1.29 is 37.6 Å². The Morgan fingerprint density at radius 3 is 1.57 bits per heavy atom. The molecule has 0 aliphatic rings. The van der Waals surface area contributed by atoms with Gasteiger partial charge in [0.2, 0.25) is 0 Å². The van der Waals surface area contributed by atoms with Gasteiger partial charge in [-0.25, -0.2) is 4.57 Å². The predicted octanol–water partition coefficient (Wildman–Crippen LogP) is 10.6. The zero-order valence-corrected chi connectivity index (χ0v) is 29.5. The van der Waals surface area contributed by atoms with Crippen molar-refractivity contribution in [1.29, 1.82) is 0 Å². The summed E-state index contributed by atoms with van der Waals surface area (Å²) >= 11 is 0. The molecule has 1 N–H and O–H groups in total. The molecule has 0 heterocycles. The summed E-state index contributed by atoms with van der Waals surface area (Å²) in [5.74, 6) is -0.811. The highest BCUT2D eigenvalue weighted by atomic mass is 31.2.